The molecule has 0 aliphatic heterocycles. The third-order valence-corrected chi connectivity index (χ3v) is 9.08. The lowest BCUT2D eigenvalue weighted by molar-refractivity contribution is -0.150. The van der Waals surface area contributed by atoms with Gasteiger partial charge in [0, 0.05) is 12.8 Å². The van der Waals surface area contributed by atoms with Crippen molar-refractivity contribution in [1.82, 2.24) is 0 Å². The fourth-order valence-electron chi connectivity index (χ4n) is 6.19. The summed E-state index contributed by atoms with van der Waals surface area (Å²) in [5.74, 6) is -0.718. The highest BCUT2D eigenvalue weighted by Gasteiger charge is 2.14. The van der Waals surface area contributed by atoms with Crippen LogP contribution in [-0.4, -0.2) is 23.1 Å². The Morgan fingerprint density at radius 1 is 0.419 bits per heavy atom. The molecule has 4 heteroatoms. The first-order valence-corrected chi connectivity index (χ1v) is 19.5. The Balaban J connectivity index is 3.70. The van der Waals surface area contributed by atoms with Crippen molar-refractivity contribution in [2.75, 3.05) is 0 Å². The number of hydrogen-bond donors (Lipinski definition) is 1. The predicted molar refractivity (Wildman–Crippen MR) is 186 cm³/mol. The molecule has 43 heavy (non-hydrogen) atoms. The van der Waals surface area contributed by atoms with Crippen LogP contribution < -0.4 is 0 Å². The molecule has 0 saturated heterocycles. The lowest BCUT2D eigenvalue weighted by atomic mass is 10.0. The van der Waals surface area contributed by atoms with Crippen LogP contribution in [0, 0.1) is 0 Å². The summed E-state index contributed by atoms with van der Waals surface area (Å²) in [5, 5.41) is 8.80. The third-order valence-electron chi connectivity index (χ3n) is 9.08. The molecule has 0 heterocycles. The van der Waals surface area contributed by atoms with Crippen LogP contribution in [0.25, 0.3) is 0 Å². The van der Waals surface area contributed by atoms with Crippen LogP contribution >= 0.6 is 0 Å². The molecule has 0 bridgehead atoms. The number of unbranched alkanes of at least 4 members (excludes halogenated alkanes) is 27. The summed E-state index contributed by atoms with van der Waals surface area (Å²) < 4.78 is 5.93. The summed E-state index contributed by atoms with van der Waals surface area (Å²) in [6.45, 7) is 4.53. The van der Waals surface area contributed by atoms with Crippen molar-refractivity contribution in [2.45, 2.75) is 238 Å². The Morgan fingerprint density at radius 3 is 1.02 bits per heavy atom. The van der Waals surface area contributed by atoms with Gasteiger partial charge in [0.05, 0.1) is 0 Å². The number of esters is 1. The van der Waals surface area contributed by atoms with Gasteiger partial charge >= 0.3 is 11.9 Å². The minimum absolute atomic E-state index is 0.00994. The van der Waals surface area contributed by atoms with Crippen molar-refractivity contribution in [1.29, 1.82) is 0 Å². The molecule has 0 aliphatic rings. The first-order valence-electron chi connectivity index (χ1n) is 19.5. The molecule has 1 atom stereocenters. The van der Waals surface area contributed by atoms with Gasteiger partial charge in [-0.3, -0.25) is 9.59 Å². The number of rotatable bonds is 36. The lowest BCUT2D eigenvalue weighted by Gasteiger charge is -2.18. The van der Waals surface area contributed by atoms with Crippen LogP contribution in [0.15, 0.2) is 0 Å². The average molecular weight is 609 g/mol. The van der Waals surface area contributed by atoms with Crippen molar-refractivity contribution in [3.05, 3.63) is 0 Å². The SMILES string of the molecule is CCCCCCCCCCCCCCCCCCCCCCC(=O)OC(CCCCCCCC)CCCCCCC(=O)O. The molecule has 0 amide bonds. The molecule has 0 aromatic heterocycles. The second-order valence-corrected chi connectivity index (χ2v) is 13.5. The van der Waals surface area contributed by atoms with Crippen LogP contribution in [0.3, 0.4) is 0 Å². The molecule has 0 aromatic carbocycles. The molecule has 1 unspecified atom stereocenters. The van der Waals surface area contributed by atoms with Gasteiger partial charge in [-0.1, -0.05) is 181 Å². The predicted octanol–water partition coefficient (Wildman–Crippen LogP) is 13.3. The monoisotopic (exact) mass is 609 g/mol. The second-order valence-electron chi connectivity index (χ2n) is 13.5. The summed E-state index contributed by atoms with van der Waals surface area (Å²) in [5.41, 5.74) is 0. The van der Waals surface area contributed by atoms with E-state index in [0.717, 1.165) is 57.8 Å². The average Bonchev–Trinajstić information content (AvgIpc) is 2.99. The largest absolute Gasteiger partial charge is 0.481 e. The van der Waals surface area contributed by atoms with Gasteiger partial charge in [-0.25, -0.2) is 0 Å². The number of carbonyl (C=O) groups excluding carboxylic acids is 1. The van der Waals surface area contributed by atoms with E-state index in [0.29, 0.717) is 6.42 Å². The lowest BCUT2D eigenvalue weighted by Crippen LogP contribution is -2.18. The molecule has 0 aliphatic carbocycles. The molecule has 1 N–H and O–H groups in total. The number of ether oxygens (including phenoxy) is 1. The molecule has 0 spiro atoms. The summed E-state index contributed by atoms with van der Waals surface area (Å²) in [4.78, 5) is 23.2. The molecular weight excluding hydrogens is 532 g/mol. The van der Waals surface area contributed by atoms with Crippen LogP contribution in [-0.2, 0) is 14.3 Å². The number of carboxylic acids is 1. The zero-order valence-electron chi connectivity index (χ0n) is 29.3. The van der Waals surface area contributed by atoms with Crippen molar-refractivity contribution in [3.8, 4) is 0 Å². The van der Waals surface area contributed by atoms with Gasteiger partial charge < -0.3 is 9.84 Å². The van der Waals surface area contributed by atoms with Crippen molar-refractivity contribution < 1.29 is 19.4 Å². The highest BCUT2D eigenvalue weighted by molar-refractivity contribution is 5.69. The standard InChI is InChI=1S/C39H76O4/c1-3-5-7-9-11-12-13-14-15-16-17-18-19-20-21-22-23-24-26-32-36-39(42)43-37(33-29-25-10-8-6-4-2)34-30-27-28-31-35-38(40)41/h37H,3-36H2,1-2H3,(H,40,41). The van der Waals surface area contributed by atoms with E-state index >= 15 is 0 Å². The van der Waals surface area contributed by atoms with Crippen LogP contribution in [0.5, 0.6) is 0 Å². The first-order chi connectivity index (χ1) is 21.1. The molecule has 0 rings (SSSR count). The van der Waals surface area contributed by atoms with E-state index in [-0.39, 0.29) is 18.5 Å². The minimum Gasteiger partial charge on any atom is -0.481 e. The Hall–Kier alpha value is -1.06. The van der Waals surface area contributed by atoms with Gasteiger partial charge in [-0.05, 0) is 38.5 Å². The van der Waals surface area contributed by atoms with Crippen LogP contribution in [0.4, 0.5) is 0 Å². The van der Waals surface area contributed by atoms with E-state index in [1.807, 2.05) is 0 Å². The smallest absolute Gasteiger partial charge is 0.306 e. The van der Waals surface area contributed by atoms with Crippen molar-refractivity contribution >= 4 is 11.9 Å². The maximum atomic E-state index is 12.5. The normalized spacial score (nSPS) is 12.0. The summed E-state index contributed by atoms with van der Waals surface area (Å²) in [6.07, 6.45) is 41.4. The van der Waals surface area contributed by atoms with E-state index < -0.39 is 5.97 Å². The van der Waals surface area contributed by atoms with Crippen molar-refractivity contribution in [2.24, 2.45) is 0 Å². The Labute approximate surface area is 269 Å². The Bertz CT molecular complexity index is 576. The van der Waals surface area contributed by atoms with Gasteiger partial charge in [-0.2, -0.15) is 0 Å². The van der Waals surface area contributed by atoms with E-state index in [1.54, 1.807) is 0 Å². The fraction of sp³-hybridized carbons (Fsp3) is 0.949. The number of carboxylic acid groups (broad SMARTS) is 1. The van der Waals surface area contributed by atoms with E-state index in [1.165, 1.54) is 148 Å². The number of aliphatic carboxylic acids is 1. The van der Waals surface area contributed by atoms with Gasteiger partial charge in [0.15, 0.2) is 0 Å². The molecule has 0 fully saturated rings. The number of carbonyl (C=O) groups is 2. The third kappa shape index (κ3) is 35.3. The van der Waals surface area contributed by atoms with Gasteiger partial charge in [0.2, 0.25) is 0 Å². The summed E-state index contributed by atoms with van der Waals surface area (Å²) in [6, 6.07) is 0. The molecule has 0 saturated carbocycles. The highest BCUT2D eigenvalue weighted by atomic mass is 16.5. The maximum absolute atomic E-state index is 12.5. The Morgan fingerprint density at radius 2 is 0.698 bits per heavy atom. The topological polar surface area (TPSA) is 63.6 Å². The molecular formula is C39H76O4. The van der Waals surface area contributed by atoms with Gasteiger partial charge in [0.1, 0.15) is 6.10 Å². The molecule has 4 nitrogen and oxygen atoms in total. The molecule has 0 aromatic rings. The first kappa shape index (κ1) is 41.9. The zero-order valence-corrected chi connectivity index (χ0v) is 29.3. The summed E-state index contributed by atoms with van der Waals surface area (Å²) >= 11 is 0. The quantitative estimate of drug-likeness (QED) is 0.0567. The number of hydrogen-bond acceptors (Lipinski definition) is 3. The van der Waals surface area contributed by atoms with Gasteiger partial charge in [0.25, 0.3) is 0 Å². The van der Waals surface area contributed by atoms with E-state index in [4.69, 9.17) is 9.84 Å². The zero-order chi connectivity index (χ0) is 31.5. The molecule has 0 radical (unpaired) electrons. The highest BCUT2D eigenvalue weighted by Crippen LogP contribution is 2.19. The van der Waals surface area contributed by atoms with E-state index in [2.05, 4.69) is 13.8 Å². The van der Waals surface area contributed by atoms with Crippen molar-refractivity contribution in [3.63, 3.8) is 0 Å². The maximum Gasteiger partial charge on any atom is 0.306 e. The van der Waals surface area contributed by atoms with Gasteiger partial charge in [-0.15, -0.1) is 0 Å². The Kier molecular flexibility index (Phi) is 34.5. The minimum atomic E-state index is -0.708. The second kappa shape index (κ2) is 35.4. The summed E-state index contributed by atoms with van der Waals surface area (Å²) in [7, 11) is 0. The van der Waals surface area contributed by atoms with Crippen LogP contribution in [0.1, 0.15) is 232 Å². The fourth-order valence-corrected chi connectivity index (χ4v) is 6.19. The molecule has 256 valence electrons. The van der Waals surface area contributed by atoms with Crippen LogP contribution in [0.2, 0.25) is 0 Å². The van der Waals surface area contributed by atoms with E-state index in [9.17, 15) is 9.59 Å².